The van der Waals surface area contributed by atoms with E-state index in [-0.39, 0.29) is 24.7 Å². The van der Waals surface area contributed by atoms with Gasteiger partial charge < -0.3 is 23.9 Å². The van der Waals surface area contributed by atoms with Crippen LogP contribution in [0.3, 0.4) is 0 Å². The molecule has 1 fully saturated rings. The highest BCUT2D eigenvalue weighted by molar-refractivity contribution is 6.11. The average Bonchev–Trinajstić information content (AvgIpc) is 3.07. The van der Waals surface area contributed by atoms with Crippen LogP contribution in [0.5, 0.6) is 5.88 Å². The third-order valence-corrected chi connectivity index (χ3v) is 5.56. The fourth-order valence-corrected chi connectivity index (χ4v) is 4.56. The Morgan fingerprint density at radius 2 is 1.91 bits per heavy atom. The van der Waals surface area contributed by atoms with Crippen molar-refractivity contribution in [3.63, 3.8) is 0 Å². The average molecular weight is 456 g/mol. The summed E-state index contributed by atoms with van der Waals surface area (Å²) in [5.74, 6) is 0.197. The number of rotatable bonds is 5. The van der Waals surface area contributed by atoms with Crippen LogP contribution in [-0.4, -0.2) is 59.0 Å². The van der Waals surface area contributed by atoms with E-state index in [0.29, 0.717) is 5.56 Å². The number of pyridine rings is 1. The molecule has 2 unspecified atom stereocenters. The third-order valence-electron chi connectivity index (χ3n) is 5.56. The Labute approximate surface area is 194 Å². The molecule has 1 aliphatic heterocycles. The second-order valence-electron chi connectivity index (χ2n) is 9.75. The topological polar surface area (TPSA) is 85.9 Å². The van der Waals surface area contributed by atoms with Gasteiger partial charge in [0.15, 0.2) is 0 Å². The maximum Gasteiger partial charge on any atom is 0.515 e. The number of nitrogens with one attached hydrogen (secondary N) is 1. The van der Waals surface area contributed by atoms with E-state index in [2.05, 4.69) is 40.8 Å². The third kappa shape index (κ3) is 5.29. The van der Waals surface area contributed by atoms with E-state index in [1.807, 2.05) is 6.07 Å². The molecule has 1 aromatic carbocycles. The highest BCUT2D eigenvalue weighted by Crippen LogP contribution is 2.36. The number of benzene rings is 1. The van der Waals surface area contributed by atoms with Crippen molar-refractivity contribution >= 4 is 28.0 Å². The number of ether oxygens (including phenoxy) is 4. The first kappa shape index (κ1) is 23.5. The van der Waals surface area contributed by atoms with Gasteiger partial charge in [-0.2, -0.15) is 0 Å². The molecule has 1 N–H and O–H groups in total. The van der Waals surface area contributed by atoms with Gasteiger partial charge in [0, 0.05) is 43.0 Å². The van der Waals surface area contributed by atoms with Crippen molar-refractivity contribution in [2.24, 2.45) is 0 Å². The summed E-state index contributed by atoms with van der Waals surface area (Å²) >= 11 is 0. The number of carbonyl (C=O) groups is 1. The van der Waals surface area contributed by atoms with Gasteiger partial charge in [0.1, 0.15) is 5.60 Å². The van der Waals surface area contributed by atoms with Gasteiger partial charge in [-0.1, -0.05) is 12.1 Å². The first-order valence-corrected chi connectivity index (χ1v) is 11.3. The van der Waals surface area contributed by atoms with Crippen molar-refractivity contribution < 1.29 is 23.7 Å². The molecular weight excluding hydrogens is 422 g/mol. The minimum atomic E-state index is -0.789. The Balaban J connectivity index is 1.78. The predicted molar refractivity (Wildman–Crippen MR) is 126 cm³/mol. The van der Waals surface area contributed by atoms with Crippen molar-refractivity contribution in [3.8, 4) is 5.88 Å². The summed E-state index contributed by atoms with van der Waals surface area (Å²) in [4.78, 5) is 22.6. The van der Waals surface area contributed by atoms with Crippen molar-refractivity contribution in [2.75, 3.05) is 20.2 Å². The highest BCUT2D eigenvalue weighted by atomic mass is 16.7. The number of morpholine rings is 1. The van der Waals surface area contributed by atoms with E-state index in [9.17, 15) is 4.79 Å². The largest absolute Gasteiger partial charge is 0.515 e. The van der Waals surface area contributed by atoms with Crippen LogP contribution < -0.4 is 4.74 Å². The van der Waals surface area contributed by atoms with Crippen molar-refractivity contribution in [2.45, 2.75) is 65.6 Å². The molecule has 0 bridgehead atoms. The van der Waals surface area contributed by atoms with E-state index in [1.165, 1.54) is 5.56 Å². The zero-order valence-corrected chi connectivity index (χ0v) is 20.2. The SMILES string of the molecule is COCc1c(OC(=O)OC(C)(C)C)ncc2[nH]c3cccc(CN4CC(C)OC(C)C4)c3c12. The fourth-order valence-electron chi connectivity index (χ4n) is 4.56. The van der Waals surface area contributed by atoms with Crippen LogP contribution in [-0.2, 0) is 27.4 Å². The number of H-pyrrole nitrogens is 1. The number of methoxy groups -OCH3 is 1. The summed E-state index contributed by atoms with van der Waals surface area (Å²) in [6.45, 7) is 12.4. The maximum absolute atomic E-state index is 12.4. The molecule has 0 saturated carbocycles. The lowest BCUT2D eigenvalue weighted by Crippen LogP contribution is -2.44. The molecule has 2 aromatic heterocycles. The molecule has 8 heteroatoms. The van der Waals surface area contributed by atoms with Gasteiger partial charge >= 0.3 is 6.16 Å². The van der Waals surface area contributed by atoms with Gasteiger partial charge in [0.05, 0.1) is 36.1 Å². The van der Waals surface area contributed by atoms with Gasteiger partial charge in [0.2, 0.25) is 5.88 Å². The summed E-state index contributed by atoms with van der Waals surface area (Å²) in [6, 6.07) is 6.25. The summed E-state index contributed by atoms with van der Waals surface area (Å²) in [5.41, 5.74) is 3.11. The van der Waals surface area contributed by atoms with Crippen LogP contribution in [0.4, 0.5) is 4.79 Å². The van der Waals surface area contributed by atoms with Crippen LogP contribution in [0.1, 0.15) is 45.7 Å². The minimum Gasteiger partial charge on any atom is -0.428 e. The zero-order chi connectivity index (χ0) is 23.8. The first-order chi connectivity index (χ1) is 15.6. The molecule has 1 saturated heterocycles. The van der Waals surface area contributed by atoms with Crippen LogP contribution in [0, 0.1) is 0 Å². The van der Waals surface area contributed by atoms with Crippen LogP contribution in [0.25, 0.3) is 21.8 Å². The molecular formula is C25H33N3O5. The number of carbonyl (C=O) groups excluding carboxylic acids is 1. The quantitative estimate of drug-likeness (QED) is 0.554. The Morgan fingerprint density at radius 1 is 1.18 bits per heavy atom. The second-order valence-corrected chi connectivity index (χ2v) is 9.75. The summed E-state index contributed by atoms with van der Waals surface area (Å²) in [7, 11) is 1.61. The normalized spacial score (nSPS) is 19.8. The molecule has 178 valence electrons. The molecule has 0 spiro atoms. The molecule has 3 heterocycles. The summed E-state index contributed by atoms with van der Waals surface area (Å²) in [5, 5.41) is 2.04. The number of fused-ring (bicyclic) bond motifs is 3. The van der Waals surface area contributed by atoms with E-state index >= 15 is 0 Å². The Bertz CT molecular complexity index is 1140. The number of hydrogen-bond donors (Lipinski definition) is 1. The molecule has 0 aliphatic carbocycles. The Kier molecular flexibility index (Phi) is 6.61. The van der Waals surface area contributed by atoms with Crippen molar-refractivity contribution in [1.82, 2.24) is 14.9 Å². The lowest BCUT2D eigenvalue weighted by Gasteiger charge is -2.35. The summed E-state index contributed by atoms with van der Waals surface area (Å²) in [6.07, 6.45) is 1.29. The van der Waals surface area contributed by atoms with E-state index in [4.69, 9.17) is 18.9 Å². The highest BCUT2D eigenvalue weighted by Gasteiger charge is 2.25. The maximum atomic E-state index is 12.4. The monoisotopic (exact) mass is 455 g/mol. The molecule has 33 heavy (non-hydrogen) atoms. The zero-order valence-electron chi connectivity index (χ0n) is 20.2. The molecule has 2 atom stereocenters. The minimum absolute atomic E-state index is 0.193. The lowest BCUT2D eigenvalue weighted by atomic mass is 10.0. The van der Waals surface area contributed by atoms with Crippen molar-refractivity contribution in [3.05, 3.63) is 35.5 Å². The second kappa shape index (κ2) is 9.29. The molecule has 1 aliphatic rings. The number of aromatic nitrogens is 2. The van der Waals surface area contributed by atoms with E-state index in [0.717, 1.165) is 41.4 Å². The number of nitrogens with zero attached hydrogens (tertiary/aromatic N) is 2. The van der Waals surface area contributed by atoms with Crippen molar-refractivity contribution in [1.29, 1.82) is 0 Å². The van der Waals surface area contributed by atoms with Crippen LogP contribution >= 0.6 is 0 Å². The molecule has 3 aromatic rings. The van der Waals surface area contributed by atoms with Crippen LogP contribution in [0.15, 0.2) is 24.4 Å². The van der Waals surface area contributed by atoms with Gasteiger partial charge in [-0.05, 0) is 46.2 Å². The molecule has 0 radical (unpaired) electrons. The van der Waals surface area contributed by atoms with Gasteiger partial charge in [-0.15, -0.1) is 0 Å². The Morgan fingerprint density at radius 3 is 2.58 bits per heavy atom. The lowest BCUT2D eigenvalue weighted by molar-refractivity contribution is -0.0703. The molecule has 0 amide bonds. The van der Waals surface area contributed by atoms with Gasteiger partial charge in [-0.3, -0.25) is 4.90 Å². The number of hydrogen-bond acceptors (Lipinski definition) is 7. The van der Waals surface area contributed by atoms with E-state index < -0.39 is 11.8 Å². The van der Waals surface area contributed by atoms with E-state index in [1.54, 1.807) is 34.1 Å². The van der Waals surface area contributed by atoms with Crippen LogP contribution in [0.2, 0.25) is 0 Å². The predicted octanol–water partition coefficient (Wildman–Crippen LogP) is 4.79. The molecule has 4 rings (SSSR count). The number of aromatic amines is 1. The van der Waals surface area contributed by atoms with Gasteiger partial charge in [0.25, 0.3) is 0 Å². The first-order valence-electron chi connectivity index (χ1n) is 11.3. The fraction of sp³-hybridized carbons (Fsp3) is 0.520. The smallest absolute Gasteiger partial charge is 0.428 e. The molecule has 8 nitrogen and oxygen atoms in total. The Hall–Kier alpha value is -2.68. The standard InChI is InChI=1S/C25H33N3O5/c1-15-11-28(12-16(2)31-15)13-17-8-7-9-19-21(17)22-18(14-30-6)23(26-10-20(22)27-19)32-24(29)33-25(3,4)5/h7-10,15-16,27H,11-14H2,1-6H3. The summed E-state index contributed by atoms with van der Waals surface area (Å²) < 4.78 is 22.2. The van der Waals surface area contributed by atoms with Gasteiger partial charge in [-0.25, -0.2) is 9.78 Å².